The number of carbonyl (C=O) groups is 2. The molecular weight excluding hydrogens is 1030 g/mol. The summed E-state index contributed by atoms with van der Waals surface area (Å²) in [7, 11) is -2.10. The molecule has 3 atom stereocenters. The molecule has 10 rings (SSSR count). The van der Waals surface area contributed by atoms with E-state index in [0.717, 1.165) is 52.8 Å². The number of hydrogen-bond acceptors (Lipinski definition) is 15. The van der Waals surface area contributed by atoms with Crippen LogP contribution in [0.4, 0.5) is 20.3 Å². The number of benzene rings is 2. The van der Waals surface area contributed by atoms with E-state index in [2.05, 4.69) is 74.0 Å². The maximum Gasteiger partial charge on any atom is 0.274 e. The number of aliphatic imine (C=N–C) groups is 1. The molecule has 0 spiro atoms. The largest absolute Gasteiger partial charge is 0.476 e. The van der Waals surface area contributed by atoms with E-state index in [1.54, 1.807) is 42.9 Å². The van der Waals surface area contributed by atoms with Crippen LogP contribution < -0.4 is 25.9 Å². The van der Waals surface area contributed by atoms with Crippen molar-refractivity contribution in [2.45, 2.75) is 96.6 Å². The number of sulfone groups is 1. The number of anilines is 2. The predicted molar refractivity (Wildman–Crippen MR) is 291 cm³/mol. The Morgan fingerprint density at radius 1 is 1.06 bits per heavy atom. The van der Waals surface area contributed by atoms with Gasteiger partial charge in [-0.15, -0.1) is 11.3 Å². The van der Waals surface area contributed by atoms with Crippen molar-refractivity contribution in [3.63, 3.8) is 0 Å². The summed E-state index contributed by atoms with van der Waals surface area (Å²) < 4.78 is 68.7. The second-order valence-electron chi connectivity index (χ2n) is 20.5. The number of rotatable bonds is 18. The van der Waals surface area contributed by atoms with Gasteiger partial charge in [0.15, 0.2) is 32.9 Å². The summed E-state index contributed by atoms with van der Waals surface area (Å²) in [5, 5.41) is 9.76. The zero-order valence-corrected chi connectivity index (χ0v) is 45.6. The number of H-pyrrole nitrogens is 1. The van der Waals surface area contributed by atoms with Gasteiger partial charge in [0.1, 0.15) is 23.1 Å². The SMILES string of the molecule is CCN1NC([C@@H]2CCCN2C(=O)C(c2cc(OCCCCCNC(=O)c3cc4c(cc3CS(C)(=O)=O)-c3cn(C)c(=O)c5[nH]cc(c35)CN4c3ncc(F)cc3F)no2)C(C)C)=N[C@@]1(C)c1ccc(-c2scnc2C)cc1. The molecule has 3 aliphatic rings. The molecule has 8 heterocycles. The van der Waals surface area contributed by atoms with Gasteiger partial charge in [-0.25, -0.2) is 32.2 Å². The number of fused-ring (bicyclic) bond motifs is 2. The normalized spacial score (nSPS) is 17.9. The summed E-state index contributed by atoms with van der Waals surface area (Å²) in [5.41, 5.74) is 10.0. The molecule has 22 heteroatoms. The number of thiazole rings is 1. The molecule has 7 aromatic rings. The van der Waals surface area contributed by atoms with Crippen LogP contribution in [0.5, 0.6) is 5.88 Å². The Balaban J connectivity index is 0.780. The Kier molecular flexibility index (Phi) is 14.7. The van der Waals surface area contributed by atoms with Crippen LogP contribution in [0.1, 0.15) is 104 Å². The van der Waals surface area contributed by atoms with E-state index in [1.807, 2.05) is 31.2 Å². The van der Waals surface area contributed by atoms with Gasteiger partial charge in [-0.2, -0.15) is 5.01 Å². The van der Waals surface area contributed by atoms with Crippen LogP contribution in [0.15, 0.2) is 86.9 Å². The molecule has 5 aromatic heterocycles. The Morgan fingerprint density at radius 3 is 2.57 bits per heavy atom. The average Bonchev–Trinajstić information content (AvgIpc) is 4.39. The first kappa shape index (κ1) is 53.1. The van der Waals surface area contributed by atoms with Crippen molar-refractivity contribution < 1.29 is 36.0 Å². The number of pyridine rings is 2. The van der Waals surface area contributed by atoms with Crippen LogP contribution >= 0.6 is 11.3 Å². The molecular formula is C55H61F2N11O7S2. The van der Waals surface area contributed by atoms with E-state index in [9.17, 15) is 27.2 Å². The number of aromatic amines is 1. The van der Waals surface area contributed by atoms with Crippen LogP contribution in [0.2, 0.25) is 0 Å². The summed E-state index contributed by atoms with van der Waals surface area (Å²) in [6.07, 6.45) is 8.59. The Morgan fingerprint density at radius 2 is 1.86 bits per heavy atom. The molecule has 3 aliphatic heterocycles. The fourth-order valence-electron chi connectivity index (χ4n) is 10.9. The number of hydrogen-bond donors (Lipinski definition) is 3. The van der Waals surface area contributed by atoms with E-state index >= 15 is 4.39 Å². The van der Waals surface area contributed by atoms with Gasteiger partial charge in [0.05, 0.1) is 52.9 Å². The summed E-state index contributed by atoms with van der Waals surface area (Å²) in [6, 6.07) is 13.7. The number of amidine groups is 1. The minimum Gasteiger partial charge on any atom is -0.476 e. The lowest BCUT2D eigenvalue weighted by atomic mass is 9.91. The highest BCUT2D eigenvalue weighted by molar-refractivity contribution is 7.89. The lowest BCUT2D eigenvalue weighted by Gasteiger charge is -2.32. The van der Waals surface area contributed by atoms with Crippen LogP contribution in [-0.4, -0.2) is 99.2 Å². The third-order valence-electron chi connectivity index (χ3n) is 14.7. The number of unbranched alkanes of at least 4 members (excludes halogenated alkanes) is 2. The smallest absolute Gasteiger partial charge is 0.274 e. The molecule has 0 aliphatic carbocycles. The number of aromatic nitrogens is 5. The monoisotopic (exact) mass is 1090 g/mol. The number of likely N-dealkylation sites (tertiary alicyclic amines) is 1. The topological polar surface area (TPSA) is 213 Å². The standard InChI is InChI=1S/C55H61F2N11O7S2/c1-8-68-55(5,36-16-14-33(15-17-36)49-32(4)61-30-76-49)62-50(63-68)42-13-12-19-66(42)53(70)46(31(2)3)44-24-45(64-75-44)74-20-11-9-10-18-58-52(69)38-23-43-39(21-34(38)29-77(7,72)73)40-28-65(6)54(71)48-47(40)35(25-59-48)27-67(43)51-41(57)22-37(56)26-60-51/h14-17,21-26,28,30-31,42,46,59H,8-13,18-20,27,29H2,1-7H3,(H,58,69)(H,62,63)/t42-,46?,55+/m0/s1. The number of amides is 2. The van der Waals surface area contributed by atoms with Gasteiger partial charge in [0, 0.05) is 79.5 Å². The highest BCUT2D eigenvalue weighted by Crippen LogP contribution is 2.45. The van der Waals surface area contributed by atoms with Crippen molar-refractivity contribution in [3.05, 3.63) is 128 Å². The van der Waals surface area contributed by atoms with Crippen LogP contribution in [0.3, 0.4) is 0 Å². The third-order valence-corrected chi connectivity index (χ3v) is 16.6. The molecule has 2 aromatic carbocycles. The second kappa shape index (κ2) is 21.3. The summed E-state index contributed by atoms with van der Waals surface area (Å²) in [4.78, 5) is 63.2. The minimum absolute atomic E-state index is 0.0125. The zero-order chi connectivity index (χ0) is 54.5. The molecule has 2 amide bonds. The fourth-order valence-corrected chi connectivity index (χ4v) is 12.5. The molecule has 1 fully saturated rings. The fraction of sp³-hybridized carbons (Fsp3) is 0.400. The molecule has 3 N–H and O–H groups in total. The van der Waals surface area contributed by atoms with Gasteiger partial charge in [0.2, 0.25) is 5.91 Å². The summed E-state index contributed by atoms with van der Waals surface area (Å²) >= 11 is 1.62. The van der Waals surface area contributed by atoms with Crippen LogP contribution in [0.25, 0.3) is 32.5 Å². The number of ether oxygens (including phenoxy) is 1. The Labute approximate surface area is 448 Å². The van der Waals surface area contributed by atoms with Crippen molar-refractivity contribution in [3.8, 4) is 27.4 Å². The molecule has 0 saturated carbocycles. The van der Waals surface area contributed by atoms with E-state index < -0.39 is 44.7 Å². The maximum absolute atomic E-state index is 15.6. The predicted octanol–water partition coefficient (Wildman–Crippen LogP) is 8.64. The van der Waals surface area contributed by atoms with Crippen LogP contribution in [-0.2, 0) is 39.6 Å². The second-order valence-corrected chi connectivity index (χ2v) is 23.5. The minimum atomic E-state index is -3.69. The summed E-state index contributed by atoms with van der Waals surface area (Å²) in [5.74, 6) is -2.44. The van der Waals surface area contributed by atoms with Gasteiger partial charge in [-0.05, 0) is 91.4 Å². The van der Waals surface area contributed by atoms with Crippen molar-refractivity contribution in [1.82, 2.24) is 45.3 Å². The number of hydrazine groups is 1. The van der Waals surface area contributed by atoms with E-state index in [4.69, 9.17) is 14.3 Å². The average molecular weight is 1090 g/mol. The third kappa shape index (κ3) is 10.4. The van der Waals surface area contributed by atoms with Gasteiger partial charge in [-0.3, -0.25) is 14.4 Å². The lowest BCUT2D eigenvalue weighted by molar-refractivity contribution is -0.134. The Bertz CT molecular complexity index is 3610. The first-order chi connectivity index (χ1) is 36.8. The highest BCUT2D eigenvalue weighted by Gasteiger charge is 2.46. The number of carbonyl (C=O) groups excluding carboxylic acids is 2. The van der Waals surface area contributed by atoms with Gasteiger partial charge >= 0.3 is 0 Å². The van der Waals surface area contributed by atoms with Gasteiger partial charge in [0.25, 0.3) is 17.3 Å². The number of nitrogens with one attached hydrogen (secondary N) is 3. The molecule has 1 saturated heterocycles. The van der Waals surface area contributed by atoms with E-state index in [1.165, 1.54) is 15.5 Å². The lowest BCUT2D eigenvalue weighted by Crippen LogP contribution is -2.51. The van der Waals surface area contributed by atoms with Crippen molar-refractivity contribution in [2.24, 2.45) is 18.0 Å². The summed E-state index contributed by atoms with van der Waals surface area (Å²) in [6.45, 7) is 11.9. The maximum atomic E-state index is 15.6. The number of nitrogens with zero attached hydrogens (tertiary/aromatic N) is 8. The van der Waals surface area contributed by atoms with Crippen LogP contribution in [0, 0.1) is 24.5 Å². The van der Waals surface area contributed by atoms with E-state index in [-0.39, 0.29) is 65.9 Å². The Hall–Kier alpha value is -7.30. The molecule has 0 radical (unpaired) electrons. The van der Waals surface area contributed by atoms with Gasteiger partial charge < -0.3 is 39.4 Å². The number of halogens is 2. The molecule has 404 valence electrons. The molecule has 0 bridgehead atoms. The van der Waals surface area contributed by atoms with Crippen molar-refractivity contribution in [2.75, 3.05) is 37.4 Å². The zero-order valence-electron chi connectivity index (χ0n) is 43.9. The number of aryl methyl sites for hydroxylation is 2. The first-order valence-corrected chi connectivity index (χ1v) is 28.7. The first-order valence-electron chi connectivity index (χ1n) is 25.8. The molecule has 1 unspecified atom stereocenters. The molecule has 18 nitrogen and oxygen atoms in total. The van der Waals surface area contributed by atoms with Gasteiger partial charge in [-0.1, -0.05) is 45.0 Å². The van der Waals surface area contributed by atoms with E-state index in [0.29, 0.717) is 77.5 Å². The van der Waals surface area contributed by atoms with Crippen molar-refractivity contribution >= 4 is 61.2 Å². The quantitative estimate of drug-likeness (QED) is 0.0688. The molecule has 77 heavy (non-hydrogen) atoms. The van der Waals surface area contributed by atoms with Crippen molar-refractivity contribution in [1.29, 1.82) is 0 Å². The highest BCUT2D eigenvalue weighted by atomic mass is 32.2.